The van der Waals surface area contributed by atoms with Crippen molar-refractivity contribution in [3.8, 4) is 5.75 Å². The molecule has 2 aromatic rings. The molecule has 1 aliphatic rings. The van der Waals surface area contributed by atoms with Crippen LogP contribution in [-0.4, -0.2) is 50.3 Å². The Morgan fingerprint density at radius 2 is 1.81 bits per heavy atom. The highest BCUT2D eigenvalue weighted by molar-refractivity contribution is 5.78. The number of rotatable bonds is 7. The molecule has 3 rings (SSSR count). The lowest BCUT2D eigenvalue weighted by Gasteiger charge is -2.31. The van der Waals surface area contributed by atoms with Crippen LogP contribution in [0.3, 0.4) is 0 Å². The number of hydrogen-bond acceptors (Lipinski definition) is 4. The van der Waals surface area contributed by atoms with E-state index in [2.05, 4.69) is 10.2 Å². The van der Waals surface area contributed by atoms with Gasteiger partial charge in [0, 0.05) is 19.6 Å². The fourth-order valence-corrected chi connectivity index (χ4v) is 2.90. The van der Waals surface area contributed by atoms with E-state index in [-0.39, 0.29) is 24.3 Å². The van der Waals surface area contributed by atoms with E-state index in [1.54, 1.807) is 12.1 Å². The van der Waals surface area contributed by atoms with Gasteiger partial charge in [-0.3, -0.25) is 9.69 Å². The summed E-state index contributed by atoms with van der Waals surface area (Å²) in [5.74, 6) is -0.685. The molecule has 0 bridgehead atoms. The van der Waals surface area contributed by atoms with Crippen LogP contribution in [-0.2, 0) is 9.53 Å². The minimum Gasteiger partial charge on any atom is -0.481 e. The highest BCUT2D eigenvalue weighted by atomic mass is 19.1. The maximum atomic E-state index is 13.6. The molecule has 1 fully saturated rings. The van der Waals surface area contributed by atoms with Gasteiger partial charge in [0.1, 0.15) is 0 Å². The number of amides is 1. The SMILES string of the molecule is O=C(COc1ccccc1F)N[C@H](CN1CCOCC1)c1ccccc1. The van der Waals surface area contributed by atoms with Gasteiger partial charge in [-0.1, -0.05) is 42.5 Å². The summed E-state index contributed by atoms with van der Waals surface area (Å²) in [4.78, 5) is 14.6. The zero-order chi connectivity index (χ0) is 18.2. The van der Waals surface area contributed by atoms with E-state index >= 15 is 0 Å². The molecule has 0 aromatic heterocycles. The molecule has 0 aliphatic carbocycles. The van der Waals surface area contributed by atoms with E-state index < -0.39 is 5.82 Å². The third kappa shape index (κ3) is 5.28. The molecule has 1 heterocycles. The van der Waals surface area contributed by atoms with Crippen molar-refractivity contribution in [3.63, 3.8) is 0 Å². The Kier molecular flexibility index (Phi) is 6.57. The molecule has 0 radical (unpaired) electrons. The number of nitrogens with zero attached hydrogens (tertiary/aromatic N) is 1. The van der Waals surface area contributed by atoms with Crippen molar-refractivity contribution in [1.82, 2.24) is 10.2 Å². The van der Waals surface area contributed by atoms with E-state index in [0.717, 1.165) is 18.7 Å². The summed E-state index contributed by atoms with van der Waals surface area (Å²) in [6.45, 7) is 3.54. The predicted molar refractivity (Wildman–Crippen MR) is 96.5 cm³/mol. The number of hydrogen-bond donors (Lipinski definition) is 1. The zero-order valence-electron chi connectivity index (χ0n) is 14.6. The molecular weight excluding hydrogens is 335 g/mol. The average molecular weight is 358 g/mol. The number of carbonyl (C=O) groups is 1. The third-order valence-corrected chi connectivity index (χ3v) is 4.28. The van der Waals surface area contributed by atoms with Crippen molar-refractivity contribution in [2.45, 2.75) is 6.04 Å². The average Bonchev–Trinajstić information content (AvgIpc) is 2.68. The summed E-state index contributed by atoms with van der Waals surface area (Å²) in [5, 5.41) is 3.00. The van der Waals surface area contributed by atoms with Crippen molar-refractivity contribution in [2.24, 2.45) is 0 Å². The summed E-state index contributed by atoms with van der Waals surface area (Å²) in [6.07, 6.45) is 0. The zero-order valence-corrected chi connectivity index (χ0v) is 14.6. The van der Waals surface area contributed by atoms with Crippen molar-refractivity contribution >= 4 is 5.91 Å². The van der Waals surface area contributed by atoms with Crippen molar-refractivity contribution in [2.75, 3.05) is 39.5 Å². The minimum absolute atomic E-state index is 0.0760. The molecule has 1 atom stereocenters. The van der Waals surface area contributed by atoms with Crippen LogP contribution in [0.25, 0.3) is 0 Å². The van der Waals surface area contributed by atoms with Gasteiger partial charge in [-0.25, -0.2) is 4.39 Å². The standard InChI is InChI=1S/C20H23FN2O3/c21-17-8-4-5-9-19(17)26-15-20(24)22-18(16-6-2-1-3-7-16)14-23-10-12-25-13-11-23/h1-9,18H,10-15H2,(H,22,24)/t18-/m1/s1. The molecule has 138 valence electrons. The number of carbonyl (C=O) groups excluding carboxylic acids is 1. The lowest BCUT2D eigenvalue weighted by Crippen LogP contribution is -2.44. The third-order valence-electron chi connectivity index (χ3n) is 4.28. The number of ether oxygens (including phenoxy) is 2. The van der Waals surface area contributed by atoms with E-state index in [1.165, 1.54) is 12.1 Å². The Hall–Kier alpha value is -2.44. The van der Waals surface area contributed by atoms with Crippen molar-refractivity contribution < 1.29 is 18.7 Å². The molecule has 0 spiro atoms. The summed E-state index contributed by atoms with van der Waals surface area (Å²) in [5.41, 5.74) is 1.03. The lowest BCUT2D eigenvalue weighted by atomic mass is 10.1. The maximum absolute atomic E-state index is 13.6. The number of nitrogens with one attached hydrogen (secondary N) is 1. The van der Waals surface area contributed by atoms with Gasteiger partial charge < -0.3 is 14.8 Å². The molecule has 1 aliphatic heterocycles. The highest BCUT2D eigenvalue weighted by Crippen LogP contribution is 2.17. The first-order chi connectivity index (χ1) is 12.7. The second kappa shape index (κ2) is 9.31. The highest BCUT2D eigenvalue weighted by Gasteiger charge is 2.20. The van der Waals surface area contributed by atoms with Crippen LogP contribution in [0.4, 0.5) is 4.39 Å². The molecule has 1 N–H and O–H groups in total. The molecule has 1 saturated heterocycles. The summed E-state index contributed by atoms with van der Waals surface area (Å²) in [6, 6.07) is 15.7. The van der Waals surface area contributed by atoms with E-state index in [9.17, 15) is 9.18 Å². The Balaban J connectivity index is 1.61. The van der Waals surface area contributed by atoms with Gasteiger partial charge in [-0.2, -0.15) is 0 Å². The van der Waals surface area contributed by atoms with Gasteiger partial charge in [-0.05, 0) is 17.7 Å². The fraction of sp³-hybridized carbons (Fsp3) is 0.350. The lowest BCUT2D eigenvalue weighted by molar-refractivity contribution is -0.124. The van der Waals surface area contributed by atoms with Crippen LogP contribution in [0, 0.1) is 5.82 Å². The normalized spacial score (nSPS) is 16.0. The predicted octanol–water partition coefficient (Wildman–Crippen LogP) is 2.39. The van der Waals surface area contributed by atoms with Crippen LogP contribution in [0.2, 0.25) is 0 Å². The smallest absolute Gasteiger partial charge is 0.258 e. The van der Waals surface area contributed by atoms with Gasteiger partial charge in [0.15, 0.2) is 18.2 Å². The number of benzene rings is 2. The summed E-state index contributed by atoms with van der Waals surface area (Å²) < 4.78 is 24.3. The Morgan fingerprint density at radius 3 is 2.54 bits per heavy atom. The van der Waals surface area contributed by atoms with Gasteiger partial charge in [0.05, 0.1) is 19.3 Å². The molecule has 5 nitrogen and oxygen atoms in total. The second-order valence-electron chi connectivity index (χ2n) is 6.16. The molecule has 0 saturated carbocycles. The number of halogens is 1. The molecular formula is C20H23FN2O3. The fourth-order valence-electron chi connectivity index (χ4n) is 2.90. The molecule has 1 amide bonds. The van der Waals surface area contributed by atoms with Crippen LogP contribution in [0.15, 0.2) is 54.6 Å². The van der Waals surface area contributed by atoms with Gasteiger partial charge in [-0.15, -0.1) is 0 Å². The van der Waals surface area contributed by atoms with Crippen LogP contribution >= 0.6 is 0 Å². The van der Waals surface area contributed by atoms with E-state index in [4.69, 9.17) is 9.47 Å². The Morgan fingerprint density at radius 1 is 1.12 bits per heavy atom. The maximum Gasteiger partial charge on any atom is 0.258 e. The molecule has 0 unspecified atom stereocenters. The quantitative estimate of drug-likeness (QED) is 0.826. The summed E-state index contributed by atoms with van der Waals surface area (Å²) >= 11 is 0. The first-order valence-corrected chi connectivity index (χ1v) is 8.74. The molecule has 26 heavy (non-hydrogen) atoms. The first kappa shape index (κ1) is 18.4. The van der Waals surface area contributed by atoms with Crippen LogP contribution < -0.4 is 10.1 Å². The van der Waals surface area contributed by atoms with Crippen LogP contribution in [0.5, 0.6) is 5.75 Å². The monoisotopic (exact) mass is 358 g/mol. The van der Waals surface area contributed by atoms with E-state index in [1.807, 2.05) is 30.3 Å². The van der Waals surface area contributed by atoms with Gasteiger partial charge in [0.2, 0.25) is 0 Å². The van der Waals surface area contributed by atoms with Gasteiger partial charge in [0.25, 0.3) is 5.91 Å². The van der Waals surface area contributed by atoms with E-state index in [0.29, 0.717) is 19.8 Å². The largest absolute Gasteiger partial charge is 0.481 e. The van der Waals surface area contributed by atoms with Crippen molar-refractivity contribution in [1.29, 1.82) is 0 Å². The van der Waals surface area contributed by atoms with Crippen molar-refractivity contribution in [3.05, 3.63) is 66.0 Å². The summed E-state index contributed by atoms with van der Waals surface area (Å²) in [7, 11) is 0. The topological polar surface area (TPSA) is 50.8 Å². The Labute approximate surface area is 152 Å². The first-order valence-electron chi connectivity index (χ1n) is 8.74. The number of morpholine rings is 1. The van der Waals surface area contributed by atoms with Crippen LogP contribution in [0.1, 0.15) is 11.6 Å². The number of para-hydroxylation sites is 1. The van der Waals surface area contributed by atoms with Gasteiger partial charge >= 0.3 is 0 Å². The molecule has 6 heteroatoms. The Bertz CT molecular complexity index is 705. The minimum atomic E-state index is -0.478. The molecule has 2 aromatic carbocycles. The second-order valence-corrected chi connectivity index (χ2v) is 6.16.